The minimum absolute atomic E-state index is 0.0613. The van der Waals surface area contributed by atoms with Gasteiger partial charge in [0.05, 0.1) is 0 Å². The summed E-state index contributed by atoms with van der Waals surface area (Å²) in [5, 5.41) is 7.75. The lowest BCUT2D eigenvalue weighted by molar-refractivity contribution is 0.104. The van der Waals surface area contributed by atoms with Crippen LogP contribution in [0.3, 0.4) is 0 Å². The molecule has 0 saturated carbocycles. The molecule has 0 aliphatic rings. The van der Waals surface area contributed by atoms with E-state index in [0.29, 0.717) is 21.8 Å². The van der Waals surface area contributed by atoms with Crippen LogP contribution in [0.1, 0.15) is 15.9 Å². The third-order valence-electron chi connectivity index (χ3n) is 3.20. The maximum Gasteiger partial charge on any atom is 0.238 e. The first kappa shape index (κ1) is 16.1. The normalized spacial score (nSPS) is 10.7. The first-order valence-corrected chi connectivity index (χ1v) is 8.04. The maximum absolute atomic E-state index is 12.2. The van der Waals surface area contributed by atoms with E-state index in [1.165, 1.54) is 0 Å². The summed E-state index contributed by atoms with van der Waals surface area (Å²) in [5.74, 6) is 0.922. The van der Waals surface area contributed by atoms with Gasteiger partial charge in [0.15, 0.2) is 5.78 Å². The number of allylic oxidation sites excluding steroid dienone is 1. The molecule has 118 valence electrons. The number of rotatable bonds is 5. The van der Waals surface area contributed by atoms with Gasteiger partial charge in [-0.15, -0.1) is 10.2 Å². The second kappa shape index (κ2) is 7.66. The summed E-state index contributed by atoms with van der Waals surface area (Å²) in [6, 6.07) is 20.0. The van der Waals surface area contributed by atoms with Crippen LogP contribution in [0.4, 0.5) is 0 Å². The third-order valence-corrected chi connectivity index (χ3v) is 3.62. The number of aromatic nitrogens is 2. The van der Waals surface area contributed by atoms with Gasteiger partial charge in [0.1, 0.15) is 10.4 Å². The average molecular weight is 381 g/mol. The molecule has 3 rings (SSSR count). The fourth-order valence-electron chi connectivity index (χ4n) is 2.00. The average Bonchev–Trinajstić information content (AvgIpc) is 2.63. The quantitative estimate of drug-likeness (QED) is 0.465. The number of carbonyl (C=O) groups is 1. The van der Waals surface area contributed by atoms with Crippen molar-refractivity contribution < 1.29 is 9.53 Å². The molecule has 0 fully saturated rings. The molecule has 0 amide bonds. The summed E-state index contributed by atoms with van der Waals surface area (Å²) in [7, 11) is 0. The molecular weight excluding hydrogens is 368 g/mol. The van der Waals surface area contributed by atoms with Gasteiger partial charge in [-0.2, -0.15) is 0 Å². The van der Waals surface area contributed by atoms with Crippen LogP contribution in [-0.2, 0) is 0 Å². The Labute approximate surface area is 148 Å². The minimum atomic E-state index is -0.0613. The van der Waals surface area contributed by atoms with Crippen LogP contribution in [0.25, 0.3) is 6.08 Å². The number of ether oxygens (including phenoxy) is 1. The van der Waals surface area contributed by atoms with Crippen LogP contribution < -0.4 is 4.74 Å². The molecule has 5 heteroatoms. The van der Waals surface area contributed by atoms with Gasteiger partial charge in [-0.3, -0.25) is 4.79 Å². The first-order valence-electron chi connectivity index (χ1n) is 7.25. The molecule has 0 saturated heterocycles. The molecule has 24 heavy (non-hydrogen) atoms. The Hall–Kier alpha value is -2.79. The van der Waals surface area contributed by atoms with Crippen LogP contribution in [0, 0.1) is 0 Å². The first-order chi connectivity index (χ1) is 11.7. The number of hydrogen-bond acceptors (Lipinski definition) is 4. The number of ketones is 1. The maximum atomic E-state index is 12.2. The predicted octanol–water partition coefficient (Wildman–Crippen LogP) is 4.93. The van der Waals surface area contributed by atoms with Crippen molar-refractivity contribution in [3.8, 4) is 11.6 Å². The van der Waals surface area contributed by atoms with E-state index in [0.717, 1.165) is 5.56 Å². The van der Waals surface area contributed by atoms with Crippen LogP contribution in [0.5, 0.6) is 11.6 Å². The van der Waals surface area contributed by atoms with E-state index < -0.39 is 0 Å². The van der Waals surface area contributed by atoms with Crippen molar-refractivity contribution in [2.75, 3.05) is 0 Å². The zero-order chi connectivity index (χ0) is 16.8. The van der Waals surface area contributed by atoms with Crippen LogP contribution in [-0.4, -0.2) is 16.0 Å². The summed E-state index contributed by atoms with van der Waals surface area (Å²) in [6.45, 7) is 0. The molecule has 0 bridgehead atoms. The molecule has 0 N–H and O–H groups in total. The Morgan fingerprint density at radius 3 is 2.33 bits per heavy atom. The molecule has 2 aromatic carbocycles. The molecular formula is C19H13BrN2O2. The van der Waals surface area contributed by atoms with E-state index in [2.05, 4.69) is 26.1 Å². The number of carbonyl (C=O) groups excluding carboxylic acids is 1. The van der Waals surface area contributed by atoms with Gasteiger partial charge in [-0.1, -0.05) is 36.4 Å². The molecule has 0 aliphatic heterocycles. The van der Waals surface area contributed by atoms with Gasteiger partial charge >= 0.3 is 0 Å². The van der Waals surface area contributed by atoms with Crippen molar-refractivity contribution in [3.05, 3.63) is 88.5 Å². The fourth-order valence-corrected chi connectivity index (χ4v) is 2.21. The van der Waals surface area contributed by atoms with Gasteiger partial charge in [0, 0.05) is 11.6 Å². The van der Waals surface area contributed by atoms with Crippen molar-refractivity contribution >= 4 is 27.8 Å². The summed E-state index contributed by atoms with van der Waals surface area (Å²) in [5.41, 5.74) is 1.58. The highest BCUT2D eigenvalue weighted by atomic mass is 79.9. The van der Waals surface area contributed by atoms with Crippen LogP contribution >= 0.6 is 15.9 Å². The molecule has 0 spiro atoms. The molecule has 0 aliphatic carbocycles. The molecule has 1 aromatic heterocycles. The minimum Gasteiger partial charge on any atom is -0.438 e. The standard InChI is InChI=1S/C19H13BrN2O2/c20-18-12-13-19(22-21-18)24-16-9-7-15(8-10-16)17(23)11-6-14-4-2-1-3-5-14/h1-13H. The Bertz CT molecular complexity index is 845. The summed E-state index contributed by atoms with van der Waals surface area (Å²) >= 11 is 3.21. The smallest absolute Gasteiger partial charge is 0.238 e. The van der Waals surface area contributed by atoms with Crippen molar-refractivity contribution in [1.82, 2.24) is 10.2 Å². The highest BCUT2D eigenvalue weighted by Crippen LogP contribution is 2.20. The van der Waals surface area contributed by atoms with Gasteiger partial charge in [0.2, 0.25) is 5.88 Å². The molecule has 3 aromatic rings. The Morgan fingerprint density at radius 2 is 1.67 bits per heavy atom. The van der Waals surface area contributed by atoms with E-state index in [9.17, 15) is 4.79 Å². The van der Waals surface area contributed by atoms with Gasteiger partial charge in [-0.25, -0.2) is 0 Å². The van der Waals surface area contributed by atoms with Crippen molar-refractivity contribution in [2.45, 2.75) is 0 Å². The van der Waals surface area contributed by atoms with E-state index in [1.54, 1.807) is 48.6 Å². The Morgan fingerprint density at radius 1 is 0.917 bits per heavy atom. The fraction of sp³-hybridized carbons (Fsp3) is 0. The summed E-state index contributed by atoms with van der Waals surface area (Å²) in [4.78, 5) is 12.2. The number of hydrogen-bond donors (Lipinski definition) is 0. The third kappa shape index (κ3) is 4.36. The molecule has 1 heterocycles. The predicted molar refractivity (Wildman–Crippen MR) is 96.1 cm³/mol. The second-order valence-electron chi connectivity index (χ2n) is 4.93. The zero-order valence-corrected chi connectivity index (χ0v) is 14.2. The Kier molecular flexibility index (Phi) is 5.13. The highest BCUT2D eigenvalue weighted by Gasteiger charge is 2.04. The van der Waals surface area contributed by atoms with Crippen molar-refractivity contribution in [2.24, 2.45) is 0 Å². The highest BCUT2D eigenvalue weighted by molar-refractivity contribution is 9.10. The van der Waals surface area contributed by atoms with E-state index in [1.807, 2.05) is 30.3 Å². The van der Waals surface area contributed by atoms with E-state index in [-0.39, 0.29) is 5.78 Å². The van der Waals surface area contributed by atoms with Crippen LogP contribution in [0.15, 0.2) is 77.4 Å². The lowest BCUT2D eigenvalue weighted by atomic mass is 10.1. The molecule has 0 radical (unpaired) electrons. The van der Waals surface area contributed by atoms with E-state index in [4.69, 9.17) is 4.74 Å². The van der Waals surface area contributed by atoms with Gasteiger partial charge in [-0.05, 0) is 57.9 Å². The van der Waals surface area contributed by atoms with Gasteiger partial charge < -0.3 is 4.74 Å². The second-order valence-corrected chi connectivity index (χ2v) is 5.74. The lowest BCUT2D eigenvalue weighted by Crippen LogP contribution is -1.95. The molecule has 4 nitrogen and oxygen atoms in total. The number of halogens is 1. The monoisotopic (exact) mass is 380 g/mol. The lowest BCUT2D eigenvalue weighted by Gasteiger charge is -2.04. The number of benzene rings is 2. The van der Waals surface area contributed by atoms with Gasteiger partial charge in [0.25, 0.3) is 0 Å². The van der Waals surface area contributed by atoms with Crippen molar-refractivity contribution in [1.29, 1.82) is 0 Å². The topological polar surface area (TPSA) is 52.1 Å². The molecule has 0 unspecified atom stereocenters. The largest absolute Gasteiger partial charge is 0.438 e. The Balaban J connectivity index is 1.66. The summed E-state index contributed by atoms with van der Waals surface area (Å²) < 4.78 is 6.21. The van der Waals surface area contributed by atoms with Crippen molar-refractivity contribution in [3.63, 3.8) is 0 Å². The van der Waals surface area contributed by atoms with E-state index >= 15 is 0 Å². The number of nitrogens with zero attached hydrogens (tertiary/aromatic N) is 2. The van der Waals surface area contributed by atoms with Crippen LogP contribution in [0.2, 0.25) is 0 Å². The summed E-state index contributed by atoms with van der Waals surface area (Å²) in [6.07, 6.45) is 3.36. The zero-order valence-electron chi connectivity index (χ0n) is 12.6. The molecule has 0 atom stereocenters. The SMILES string of the molecule is O=C(C=Cc1ccccc1)c1ccc(Oc2ccc(Br)nn2)cc1.